The second-order valence-corrected chi connectivity index (χ2v) is 4.75. The fourth-order valence-corrected chi connectivity index (χ4v) is 1.68. The summed E-state index contributed by atoms with van der Waals surface area (Å²) in [5.41, 5.74) is 0. The number of nitrogens with zero attached hydrogens (tertiary/aromatic N) is 1. The Morgan fingerprint density at radius 2 is 1.95 bits per heavy atom. The number of rotatable bonds is 9. The molecule has 122 valence electrons. The number of hydrogen-bond acceptors (Lipinski definition) is 5. The van der Waals surface area contributed by atoms with Gasteiger partial charge in [-0.1, -0.05) is 0 Å². The molecule has 0 atom stereocenters. The summed E-state index contributed by atoms with van der Waals surface area (Å²) < 4.78 is 22.6. The topological polar surface area (TPSA) is 67.9 Å². The number of amides is 1. The molecule has 0 aliphatic rings. The van der Waals surface area contributed by atoms with Crippen LogP contribution >= 0.6 is 0 Å². The number of ether oxygens (including phenoxy) is 2. The summed E-state index contributed by atoms with van der Waals surface area (Å²) in [6.45, 7) is 1.19. The SMILES string of the molecule is COC(=O)CNC(=O)CN(C)CCCOc1ccc(F)cc1. The second kappa shape index (κ2) is 9.73. The van der Waals surface area contributed by atoms with Gasteiger partial charge < -0.3 is 14.8 Å². The van der Waals surface area contributed by atoms with Crippen molar-refractivity contribution in [3.05, 3.63) is 30.1 Å². The molecule has 0 radical (unpaired) electrons. The molecule has 0 saturated heterocycles. The maximum Gasteiger partial charge on any atom is 0.325 e. The van der Waals surface area contributed by atoms with Crippen LogP contribution in [0, 0.1) is 5.82 Å². The molecule has 0 heterocycles. The minimum atomic E-state index is -0.483. The Morgan fingerprint density at radius 3 is 2.59 bits per heavy atom. The predicted octanol–water partition coefficient (Wildman–Crippen LogP) is 0.816. The van der Waals surface area contributed by atoms with Gasteiger partial charge in [-0.05, 0) is 37.7 Å². The zero-order valence-corrected chi connectivity index (χ0v) is 12.8. The number of benzene rings is 1. The minimum absolute atomic E-state index is 0.128. The van der Waals surface area contributed by atoms with Gasteiger partial charge in [-0.15, -0.1) is 0 Å². The van der Waals surface area contributed by atoms with E-state index in [-0.39, 0.29) is 24.8 Å². The normalized spacial score (nSPS) is 10.4. The second-order valence-electron chi connectivity index (χ2n) is 4.75. The van der Waals surface area contributed by atoms with Crippen LogP contribution in [0.1, 0.15) is 6.42 Å². The van der Waals surface area contributed by atoms with Crippen LogP contribution in [0.4, 0.5) is 4.39 Å². The highest BCUT2D eigenvalue weighted by Crippen LogP contribution is 2.11. The number of halogens is 1. The van der Waals surface area contributed by atoms with Crippen LogP contribution in [-0.2, 0) is 14.3 Å². The first-order valence-corrected chi connectivity index (χ1v) is 6.91. The molecule has 1 rings (SSSR count). The average Bonchev–Trinajstić information content (AvgIpc) is 2.51. The van der Waals surface area contributed by atoms with Gasteiger partial charge in [-0.25, -0.2) is 4.39 Å². The molecule has 1 aromatic rings. The van der Waals surface area contributed by atoms with E-state index >= 15 is 0 Å². The highest BCUT2D eigenvalue weighted by molar-refractivity contribution is 5.83. The Bertz CT molecular complexity index is 479. The van der Waals surface area contributed by atoms with E-state index < -0.39 is 5.97 Å². The standard InChI is InChI=1S/C15H21FN2O4/c1-18(11-14(19)17-10-15(20)21-2)8-3-9-22-13-6-4-12(16)5-7-13/h4-7H,3,8-11H2,1-2H3,(H,17,19). The van der Waals surface area contributed by atoms with E-state index in [2.05, 4.69) is 10.1 Å². The Balaban J connectivity index is 2.12. The van der Waals surface area contributed by atoms with Gasteiger partial charge in [0.05, 0.1) is 20.3 Å². The van der Waals surface area contributed by atoms with Crippen molar-refractivity contribution >= 4 is 11.9 Å². The van der Waals surface area contributed by atoms with E-state index in [4.69, 9.17) is 4.74 Å². The Kier molecular flexibility index (Phi) is 7.91. The minimum Gasteiger partial charge on any atom is -0.494 e. The molecule has 0 aliphatic heterocycles. The molecule has 0 unspecified atom stereocenters. The van der Waals surface area contributed by atoms with Crippen LogP contribution < -0.4 is 10.1 Å². The average molecular weight is 312 g/mol. The summed E-state index contributed by atoms with van der Waals surface area (Å²) in [6.07, 6.45) is 0.720. The molecule has 0 saturated carbocycles. The molecule has 0 aromatic heterocycles. The lowest BCUT2D eigenvalue weighted by atomic mass is 10.3. The highest BCUT2D eigenvalue weighted by Gasteiger charge is 2.08. The van der Waals surface area contributed by atoms with Crippen LogP contribution in [0.15, 0.2) is 24.3 Å². The largest absolute Gasteiger partial charge is 0.494 e. The van der Waals surface area contributed by atoms with Gasteiger partial charge in [0.15, 0.2) is 0 Å². The Hall–Kier alpha value is -2.15. The third-order valence-corrected chi connectivity index (χ3v) is 2.84. The number of esters is 1. The molecular weight excluding hydrogens is 291 g/mol. The molecule has 1 amide bonds. The van der Waals surface area contributed by atoms with Crippen molar-refractivity contribution in [1.29, 1.82) is 0 Å². The molecule has 1 aromatic carbocycles. The third-order valence-electron chi connectivity index (χ3n) is 2.84. The third kappa shape index (κ3) is 7.58. The summed E-state index contributed by atoms with van der Waals surface area (Å²) in [5.74, 6) is -0.416. The van der Waals surface area contributed by atoms with Crippen molar-refractivity contribution < 1.29 is 23.5 Å². The number of carbonyl (C=O) groups excluding carboxylic acids is 2. The van der Waals surface area contributed by atoms with Gasteiger partial charge in [0.2, 0.25) is 5.91 Å². The van der Waals surface area contributed by atoms with Crippen LogP contribution in [0.3, 0.4) is 0 Å². The summed E-state index contributed by atoms with van der Waals surface area (Å²) in [4.78, 5) is 24.2. The molecule has 0 aliphatic carbocycles. The lowest BCUT2D eigenvalue weighted by molar-refractivity contribution is -0.141. The Morgan fingerprint density at radius 1 is 1.27 bits per heavy atom. The molecule has 7 heteroatoms. The van der Waals surface area contributed by atoms with Crippen LogP contribution in [0.2, 0.25) is 0 Å². The van der Waals surface area contributed by atoms with Gasteiger partial charge in [-0.3, -0.25) is 14.5 Å². The summed E-state index contributed by atoms with van der Waals surface area (Å²) in [5, 5.41) is 2.46. The van der Waals surface area contributed by atoms with Crippen molar-refractivity contribution in [3.63, 3.8) is 0 Å². The molecule has 22 heavy (non-hydrogen) atoms. The Labute approximate surface area is 129 Å². The number of likely N-dealkylation sites (N-methyl/N-ethyl adjacent to an activating group) is 1. The molecule has 0 bridgehead atoms. The maximum absolute atomic E-state index is 12.7. The van der Waals surface area contributed by atoms with Crippen LogP contribution in [0.5, 0.6) is 5.75 Å². The highest BCUT2D eigenvalue weighted by atomic mass is 19.1. The van der Waals surface area contributed by atoms with Gasteiger partial charge in [-0.2, -0.15) is 0 Å². The number of carbonyl (C=O) groups is 2. The van der Waals surface area contributed by atoms with Crippen molar-refractivity contribution in [2.24, 2.45) is 0 Å². The summed E-state index contributed by atoms with van der Waals surface area (Å²) in [7, 11) is 3.07. The first-order chi connectivity index (χ1) is 10.5. The van der Waals surface area contributed by atoms with Gasteiger partial charge in [0, 0.05) is 6.54 Å². The van der Waals surface area contributed by atoms with E-state index in [9.17, 15) is 14.0 Å². The van der Waals surface area contributed by atoms with Gasteiger partial charge in [0.1, 0.15) is 18.1 Å². The van der Waals surface area contributed by atoms with Crippen molar-refractivity contribution in [3.8, 4) is 5.75 Å². The lowest BCUT2D eigenvalue weighted by Crippen LogP contribution is -2.38. The van der Waals surface area contributed by atoms with Crippen molar-refractivity contribution in [2.75, 3.05) is 40.4 Å². The number of nitrogens with one attached hydrogen (secondary N) is 1. The lowest BCUT2D eigenvalue weighted by Gasteiger charge is -2.16. The predicted molar refractivity (Wildman–Crippen MR) is 79.0 cm³/mol. The zero-order valence-electron chi connectivity index (χ0n) is 12.8. The maximum atomic E-state index is 12.7. The fraction of sp³-hybridized carbons (Fsp3) is 0.467. The monoisotopic (exact) mass is 312 g/mol. The molecular formula is C15H21FN2O4. The zero-order chi connectivity index (χ0) is 16.4. The number of hydrogen-bond donors (Lipinski definition) is 1. The quantitative estimate of drug-likeness (QED) is 0.540. The van der Waals surface area contributed by atoms with E-state index in [0.29, 0.717) is 18.9 Å². The van der Waals surface area contributed by atoms with Crippen molar-refractivity contribution in [2.45, 2.75) is 6.42 Å². The summed E-state index contributed by atoms with van der Waals surface area (Å²) in [6, 6.07) is 5.82. The van der Waals surface area contributed by atoms with Gasteiger partial charge in [0.25, 0.3) is 0 Å². The van der Waals surface area contributed by atoms with Crippen molar-refractivity contribution in [1.82, 2.24) is 10.2 Å². The molecule has 0 spiro atoms. The van der Waals surface area contributed by atoms with Gasteiger partial charge >= 0.3 is 5.97 Å². The van der Waals surface area contributed by atoms with E-state index in [1.807, 2.05) is 4.90 Å². The van der Waals surface area contributed by atoms with Crippen LogP contribution in [-0.4, -0.2) is 57.2 Å². The smallest absolute Gasteiger partial charge is 0.325 e. The molecule has 0 fully saturated rings. The first-order valence-electron chi connectivity index (χ1n) is 6.91. The fourth-order valence-electron chi connectivity index (χ4n) is 1.68. The van der Waals surface area contributed by atoms with E-state index in [1.165, 1.54) is 19.2 Å². The number of methoxy groups -OCH3 is 1. The van der Waals surface area contributed by atoms with E-state index in [1.54, 1.807) is 19.2 Å². The molecule has 1 N–H and O–H groups in total. The molecule has 6 nitrogen and oxygen atoms in total. The van der Waals surface area contributed by atoms with E-state index in [0.717, 1.165) is 6.42 Å². The summed E-state index contributed by atoms with van der Waals surface area (Å²) >= 11 is 0. The van der Waals surface area contributed by atoms with Crippen LogP contribution in [0.25, 0.3) is 0 Å². The first kappa shape index (κ1) is 17.9.